The van der Waals surface area contributed by atoms with Crippen molar-refractivity contribution in [2.24, 2.45) is 0 Å². The predicted octanol–water partition coefficient (Wildman–Crippen LogP) is 4.28. The van der Waals surface area contributed by atoms with Gasteiger partial charge in [-0.25, -0.2) is 9.97 Å². The number of fused-ring (bicyclic) bond motifs is 1. The molecule has 1 aliphatic carbocycles. The number of rotatable bonds is 3. The SMILES string of the molecule is Nc1c(NC2CCCCCC2)ncnc1N1CCCc2ccccc21. The van der Waals surface area contributed by atoms with Crippen molar-refractivity contribution in [1.82, 2.24) is 9.97 Å². The van der Waals surface area contributed by atoms with Crippen LogP contribution in [0.5, 0.6) is 0 Å². The van der Waals surface area contributed by atoms with Gasteiger partial charge in [0.25, 0.3) is 0 Å². The first-order valence-electron chi connectivity index (χ1n) is 9.55. The van der Waals surface area contributed by atoms with E-state index in [1.165, 1.54) is 49.8 Å². The molecular formula is C20H27N5. The van der Waals surface area contributed by atoms with E-state index >= 15 is 0 Å². The fourth-order valence-electron chi connectivity index (χ4n) is 4.09. The normalized spacial score (nSPS) is 18.5. The Bertz CT molecular complexity index is 722. The summed E-state index contributed by atoms with van der Waals surface area (Å²) in [5, 5.41) is 3.59. The van der Waals surface area contributed by atoms with Gasteiger partial charge in [0.05, 0.1) is 0 Å². The second-order valence-corrected chi connectivity index (χ2v) is 7.18. The first-order valence-corrected chi connectivity index (χ1v) is 9.55. The third-order valence-electron chi connectivity index (χ3n) is 5.42. The molecule has 1 aliphatic heterocycles. The van der Waals surface area contributed by atoms with Crippen molar-refractivity contribution in [3.8, 4) is 0 Å². The minimum absolute atomic E-state index is 0.473. The van der Waals surface area contributed by atoms with E-state index in [1.54, 1.807) is 6.33 Å². The van der Waals surface area contributed by atoms with Crippen LogP contribution in [0.1, 0.15) is 50.5 Å². The summed E-state index contributed by atoms with van der Waals surface area (Å²) in [5.41, 5.74) is 9.76. The van der Waals surface area contributed by atoms with Crippen LogP contribution in [0.4, 0.5) is 23.0 Å². The highest BCUT2D eigenvalue weighted by Gasteiger charge is 2.23. The van der Waals surface area contributed by atoms with Crippen LogP contribution in [0.3, 0.4) is 0 Å². The number of benzene rings is 1. The molecular weight excluding hydrogens is 310 g/mol. The fraction of sp³-hybridized carbons (Fsp3) is 0.500. The summed E-state index contributed by atoms with van der Waals surface area (Å²) in [6.45, 7) is 0.946. The van der Waals surface area contributed by atoms with E-state index in [0.29, 0.717) is 11.7 Å². The quantitative estimate of drug-likeness (QED) is 0.818. The Kier molecular flexibility index (Phi) is 4.72. The Morgan fingerprint density at radius 3 is 2.64 bits per heavy atom. The van der Waals surface area contributed by atoms with Gasteiger partial charge in [-0.15, -0.1) is 0 Å². The maximum Gasteiger partial charge on any atom is 0.161 e. The summed E-state index contributed by atoms with van der Waals surface area (Å²) in [7, 11) is 0. The average Bonchev–Trinajstić information content (AvgIpc) is 2.92. The molecule has 5 nitrogen and oxygen atoms in total. The molecule has 1 fully saturated rings. The van der Waals surface area contributed by atoms with Crippen molar-refractivity contribution in [2.45, 2.75) is 57.4 Å². The van der Waals surface area contributed by atoms with Crippen molar-refractivity contribution in [1.29, 1.82) is 0 Å². The molecule has 1 saturated carbocycles. The predicted molar refractivity (Wildman–Crippen MR) is 103 cm³/mol. The maximum absolute atomic E-state index is 6.50. The minimum atomic E-state index is 0.473. The summed E-state index contributed by atoms with van der Waals surface area (Å²) >= 11 is 0. The smallest absolute Gasteiger partial charge is 0.161 e. The van der Waals surface area contributed by atoms with Crippen molar-refractivity contribution in [3.63, 3.8) is 0 Å². The van der Waals surface area contributed by atoms with Gasteiger partial charge in [-0.1, -0.05) is 43.9 Å². The molecule has 2 heterocycles. The Balaban J connectivity index is 1.61. The number of nitrogens with zero attached hydrogens (tertiary/aromatic N) is 3. The largest absolute Gasteiger partial charge is 0.393 e. The number of para-hydroxylation sites is 1. The zero-order chi connectivity index (χ0) is 17.1. The highest BCUT2D eigenvalue weighted by Crippen LogP contribution is 2.37. The van der Waals surface area contributed by atoms with Gasteiger partial charge < -0.3 is 16.0 Å². The van der Waals surface area contributed by atoms with E-state index in [2.05, 4.69) is 44.5 Å². The van der Waals surface area contributed by atoms with Gasteiger partial charge in [-0.2, -0.15) is 0 Å². The molecule has 0 saturated heterocycles. The standard InChI is InChI=1S/C20H27N5/c21-18-19(24-16-10-3-1-2-4-11-16)22-14-23-20(18)25-13-7-9-15-8-5-6-12-17(15)25/h5-6,8,12,14,16H,1-4,7,9-11,13,21H2,(H,22,23,24). The summed E-state index contributed by atoms with van der Waals surface area (Å²) < 4.78 is 0. The molecule has 0 radical (unpaired) electrons. The van der Waals surface area contributed by atoms with Crippen molar-refractivity contribution in [2.75, 3.05) is 22.5 Å². The number of aryl methyl sites for hydroxylation is 1. The molecule has 4 rings (SSSR count). The van der Waals surface area contributed by atoms with Crippen molar-refractivity contribution in [3.05, 3.63) is 36.2 Å². The van der Waals surface area contributed by atoms with Gasteiger partial charge in [0, 0.05) is 18.3 Å². The monoisotopic (exact) mass is 337 g/mol. The van der Waals surface area contributed by atoms with Gasteiger partial charge in [-0.3, -0.25) is 0 Å². The molecule has 2 aliphatic rings. The third-order valence-corrected chi connectivity index (χ3v) is 5.42. The van der Waals surface area contributed by atoms with Crippen LogP contribution in [0.15, 0.2) is 30.6 Å². The lowest BCUT2D eigenvalue weighted by atomic mass is 10.0. The van der Waals surface area contributed by atoms with Crippen LogP contribution in [0.2, 0.25) is 0 Å². The van der Waals surface area contributed by atoms with Crippen LogP contribution in [-0.4, -0.2) is 22.6 Å². The van der Waals surface area contributed by atoms with Gasteiger partial charge >= 0.3 is 0 Å². The molecule has 0 amide bonds. The first-order chi connectivity index (χ1) is 12.3. The summed E-state index contributed by atoms with van der Waals surface area (Å²) in [6, 6.07) is 9.02. The van der Waals surface area contributed by atoms with E-state index in [-0.39, 0.29) is 0 Å². The highest BCUT2D eigenvalue weighted by molar-refractivity contribution is 5.80. The number of nitrogens with two attached hydrogens (primary N) is 1. The molecule has 1 aromatic heterocycles. The molecule has 0 atom stereocenters. The number of nitrogen functional groups attached to an aromatic ring is 1. The van der Waals surface area contributed by atoms with Crippen LogP contribution in [0, 0.1) is 0 Å². The lowest BCUT2D eigenvalue weighted by Crippen LogP contribution is -2.27. The van der Waals surface area contributed by atoms with Gasteiger partial charge in [0.1, 0.15) is 12.0 Å². The highest BCUT2D eigenvalue weighted by atomic mass is 15.2. The van der Waals surface area contributed by atoms with E-state index in [0.717, 1.165) is 31.0 Å². The number of aromatic nitrogens is 2. The van der Waals surface area contributed by atoms with Gasteiger partial charge in [-0.05, 0) is 37.3 Å². The molecule has 132 valence electrons. The van der Waals surface area contributed by atoms with Gasteiger partial charge in [0.2, 0.25) is 0 Å². The second-order valence-electron chi connectivity index (χ2n) is 7.18. The van der Waals surface area contributed by atoms with Crippen LogP contribution < -0.4 is 16.0 Å². The Labute approximate surface area is 149 Å². The van der Waals surface area contributed by atoms with Crippen LogP contribution in [0.25, 0.3) is 0 Å². The zero-order valence-corrected chi connectivity index (χ0v) is 14.7. The van der Waals surface area contributed by atoms with E-state index in [4.69, 9.17) is 5.73 Å². The molecule has 0 unspecified atom stereocenters. The summed E-state index contributed by atoms with van der Waals surface area (Å²) in [6.07, 6.45) is 11.5. The lowest BCUT2D eigenvalue weighted by Gasteiger charge is -2.31. The van der Waals surface area contributed by atoms with E-state index in [9.17, 15) is 0 Å². The van der Waals surface area contributed by atoms with Crippen LogP contribution >= 0.6 is 0 Å². The molecule has 3 N–H and O–H groups in total. The summed E-state index contributed by atoms with van der Waals surface area (Å²) in [4.78, 5) is 11.2. The number of anilines is 4. The maximum atomic E-state index is 6.50. The van der Waals surface area contributed by atoms with E-state index < -0.39 is 0 Å². The average molecular weight is 337 g/mol. The molecule has 1 aromatic carbocycles. The van der Waals surface area contributed by atoms with E-state index in [1.807, 2.05) is 0 Å². The van der Waals surface area contributed by atoms with Gasteiger partial charge in [0.15, 0.2) is 11.6 Å². The molecule has 0 bridgehead atoms. The lowest BCUT2D eigenvalue weighted by molar-refractivity contribution is 0.617. The van der Waals surface area contributed by atoms with Crippen molar-refractivity contribution >= 4 is 23.0 Å². The topological polar surface area (TPSA) is 67.1 Å². The van der Waals surface area contributed by atoms with Crippen LogP contribution in [-0.2, 0) is 6.42 Å². The molecule has 2 aromatic rings. The minimum Gasteiger partial charge on any atom is -0.393 e. The summed E-state index contributed by atoms with van der Waals surface area (Å²) in [5.74, 6) is 1.62. The fourth-order valence-corrected chi connectivity index (χ4v) is 4.09. The Hall–Kier alpha value is -2.30. The number of hydrogen-bond acceptors (Lipinski definition) is 5. The zero-order valence-electron chi connectivity index (χ0n) is 14.7. The first kappa shape index (κ1) is 16.2. The Morgan fingerprint density at radius 1 is 1.00 bits per heavy atom. The Morgan fingerprint density at radius 2 is 1.80 bits per heavy atom. The molecule has 5 heteroatoms. The third kappa shape index (κ3) is 3.41. The number of nitrogens with one attached hydrogen (secondary N) is 1. The number of hydrogen-bond donors (Lipinski definition) is 2. The van der Waals surface area contributed by atoms with Crippen molar-refractivity contribution < 1.29 is 0 Å². The second kappa shape index (κ2) is 7.30. The molecule has 0 spiro atoms. The molecule has 25 heavy (non-hydrogen) atoms.